The third-order valence-corrected chi connectivity index (χ3v) is 6.56. The van der Waals surface area contributed by atoms with Gasteiger partial charge in [0.2, 0.25) is 6.86 Å². The summed E-state index contributed by atoms with van der Waals surface area (Å²) in [5.41, 5.74) is 3.16. The van der Waals surface area contributed by atoms with Crippen LogP contribution in [0.1, 0.15) is 35.0 Å². The molecule has 0 radical (unpaired) electrons. The number of aromatic nitrogens is 2. The minimum atomic E-state index is -0.985. The van der Waals surface area contributed by atoms with E-state index in [1.165, 1.54) is 36.4 Å². The third kappa shape index (κ3) is 5.62. The number of halogens is 1. The molecule has 3 aromatic rings. The first-order valence-electron chi connectivity index (χ1n) is 10.8. The summed E-state index contributed by atoms with van der Waals surface area (Å²) < 4.78 is 23.1. The van der Waals surface area contributed by atoms with Crippen molar-refractivity contribution in [3.05, 3.63) is 71.8 Å². The van der Waals surface area contributed by atoms with Crippen molar-refractivity contribution in [3.8, 4) is 11.5 Å². The Morgan fingerprint density at radius 3 is 2.69 bits per heavy atom. The molecule has 0 fully saturated rings. The number of nitrogens with zero attached hydrogens (tertiary/aromatic N) is 3. The maximum Gasteiger partial charge on any atom is 0.302 e. The lowest BCUT2D eigenvalue weighted by Crippen LogP contribution is -2.34. The van der Waals surface area contributed by atoms with Gasteiger partial charge in [0, 0.05) is 17.4 Å². The van der Waals surface area contributed by atoms with Gasteiger partial charge in [-0.3, -0.25) is 9.59 Å². The molecule has 1 aromatic heterocycles. The Morgan fingerprint density at radius 2 is 2.03 bits per heavy atom. The van der Waals surface area contributed by atoms with E-state index >= 15 is 0 Å². The van der Waals surface area contributed by atoms with Crippen molar-refractivity contribution in [1.82, 2.24) is 15.0 Å². The zero-order valence-electron chi connectivity index (χ0n) is 19.2. The van der Waals surface area contributed by atoms with E-state index in [0.717, 1.165) is 11.1 Å². The summed E-state index contributed by atoms with van der Waals surface area (Å²) in [4.78, 5) is 31.6. The van der Waals surface area contributed by atoms with Crippen LogP contribution in [0.25, 0.3) is 0 Å². The Bertz CT molecular complexity index is 1220. The van der Waals surface area contributed by atoms with Gasteiger partial charge in [-0.15, -0.1) is 0 Å². The number of amides is 2. The number of anilines is 1. The number of imidazole rings is 1. The summed E-state index contributed by atoms with van der Waals surface area (Å²) in [6.07, 6.45) is 3.64. The highest BCUT2D eigenvalue weighted by Crippen LogP contribution is 2.34. The van der Waals surface area contributed by atoms with E-state index in [1.807, 2.05) is 25.1 Å². The van der Waals surface area contributed by atoms with Gasteiger partial charge in [-0.25, -0.2) is 14.4 Å². The van der Waals surface area contributed by atoms with Gasteiger partial charge in [0.15, 0.2) is 11.5 Å². The molecule has 0 saturated heterocycles. The second-order valence-corrected chi connectivity index (χ2v) is 8.70. The first-order valence-corrected chi connectivity index (χ1v) is 11.7. The molecule has 1 aliphatic rings. The standard InChI is InChI=1S/C24H24FN5O4S/c1-3-21-22(16-6-9-19(33-2)20(10-16)34-13-25)29-30(24(32)35-21)12-15-4-7-17(8-5-15)28-23(31)18-11-26-14-27-18/h4-11,14,21H,3,12-13H2,1-2H3,(H,26,27)(H,28,31). The second kappa shape index (κ2) is 11.0. The number of hydrogen-bond donors (Lipinski definition) is 2. The molecule has 9 nitrogen and oxygen atoms in total. The number of benzene rings is 2. The van der Waals surface area contributed by atoms with Gasteiger partial charge in [-0.1, -0.05) is 30.8 Å². The van der Waals surface area contributed by atoms with Crippen LogP contribution in [0.5, 0.6) is 11.5 Å². The molecular weight excluding hydrogens is 473 g/mol. The number of alkyl halides is 1. The fourth-order valence-electron chi connectivity index (χ4n) is 3.55. The predicted octanol–water partition coefficient (Wildman–Crippen LogP) is 4.83. The molecule has 2 aromatic carbocycles. The zero-order chi connectivity index (χ0) is 24.8. The van der Waals surface area contributed by atoms with Crippen LogP contribution in [0.15, 0.2) is 60.1 Å². The Balaban J connectivity index is 1.53. The fraction of sp³-hybridized carbons (Fsp3) is 0.250. The van der Waals surface area contributed by atoms with E-state index in [2.05, 4.69) is 20.4 Å². The number of aromatic amines is 1. The van der Waals surface area contributed by atoms with Gasteiger partial charge in [-0.05, 0) is 42.3 Å². The van der Waals surface area contributed by atoms with E-state index in [4.69, 9.17) is 9.47 Å². The summed E-state index contributed by atoms with van der Waals surface area (Å²) in [5, 5.41) is 8.51. The maximum atomic E-state index is 12.8. The highest BCUT2D eigenvalue weighted by molar-refractivity contribution is 8.14. The number of carbonyl (C=O) groups excluding carboxylic acids is 2. The van der Waals surface area contributed by atoms with E-state index < -0.39 is 6.86 Å². The summed E-state index contributed by atoms with van der Waals surface area (Å²) in [6.45, 7) is 1.25. The van der Waals surface area contributed by atoms with Crippen molar-refractivity contribution in [2.24, 2.45) is 5.10 Å². The Morgan fingerprint density at radius 1 is 1.23 bits per heavy atom. The molecule has 0 saturated carbocycles. The quantitative estimate of drug-likeness (QED) is 0.438. The highest BCUT2D eigenvalue weighted by Gasteiger charge is 2.30. The first-order chi connectivity index (χ1) is 17.0. The number of H-pyrrole nitrogens is 1. The zero-order valence-corrected chi connectivity index (χ0v) is 20.0. The van der Waals surface area contributed by atoms with Crippen LogP contribution in [-0.2, 0) is 6.54 Å². The molecule has 35 heavy (non-hydrogen) atoms. The van der Waals surface area contributed by atoms with E-state index in [9.17, 15) is 14.0 Å². The molecule has 1 aliphatic heterocycles. The van der Waals surface area contributed by atoms with E-state index in [-0.39, 0.29) is 34.4 Å². The number of methoxy groups -OCH3 is 1. The number of nitrogens with one attached hydrogen (secondary N) is 2. The van der Waals surface area contributed by atoms with Gasteiger partial charge < -0.3 is 19.8 Å². The summed E-state index contributed by atoms with van der Waals surface area (Å²) in [7, 11) is 1.48. The Hall–Kier alpha value is -3.86. The molecule has 2 N–H and O–H groups in total. The minimum absolute atomic E-state index is 0.148. The predicted molar refractivity (Wildman–Crippen MR) is 132 cm³/mol. The molecule has 4 rings (SSSR count). The van der Waals surface area contributed by atoms with Crippen LogP contribution in [0.2, 0.25) is 0 Å². The van der Waals surface area contributed by atoms with Crippen LogP contribution < -0.4 is 14.8 Å². The lowest BCUT2D eigenvalue weighted by atomic mass is 10.0. The maximum absolute atomic E-state index is 12.8. The summed E-state index contributed by atoms with van der Waals surface area (Å²) in [5.74, 6) is 0.360. The number of hydrazone groups is 1. The summed E-state index contributed by atoms with van der Waals surface area (Å²) >= 11 is 1.20. The summed E-state index contributed by atoms with van der Waals surface area (Å²) in [6, 6.07) is 12.3. The highest BCUT2D eigenvalue weighted by atomic mass is 32.2. The number of ether oxygens (including phenoxy) is 2. The molecule has 2 heterocycles. The van der Waals surface area contributed by atoms with Crippen LogP contribution in [0.4, 0.5) is 14.9 Å². The van der Waals surface area contributed by atoms with Gasteiger partial charge in [0.05, 0.1) is 30.9 Å². The van der Waals surface area contributed by atoms with E-state index in [0.29, 0.717) is 23.6 Å². The number of carbonyl (C=O) groups is 2. The van der Waals surface area contributed by atoms with Crippen molar-refractivity contribution in [1.29, 1.82) is 0 Å². The molecular formula is C24H24FN5O4S. The van der Waals surface area contributed by atoms with Crippen molar-refractivity contribution in [2.75, 3.05) is 19.3 Å². The topological polar surface area (TPSA) is 109 Å². The lowest BCUT2D eigenvalue weighted by Gasteiger charge is -2.28. The van der Waals surface area contributed by atoms with Crippen molar-refractivity contribution >= 4 is 34.3 Å². The third-order valence-electron chi connectivity index (χ3n) is 5.30. The second-order valence-electron chi connectivity index (χ2n) is 7.55. The SMILES string of the molecule is CCC1SC(=O)N(Cc2ccc(NC(=O)c3c[nH]cn3)cc2)N=C1c1ccc(OC)c(OCF)c1. The molecule has 0 bridgehead atoms. The largest absolute Gasteiger partial charge is 0.493 e. The average molecular weight is 498 g/mol. The molecule has 1 unspecified atom stereocenters. The normalized spacial score (nSPS) is 15.5. The number of hydrogen-bond acceptors (Lipinski definition) is 7. The number of rotatable bonds is 9. The monoisotopic (exact) mass is 497 g/mol. The van der Waals surface area contributed by atoms with Crippen LogP contribution in [-0.4, -0.2) is 51.1 Å². The van der Waals surface area contributed by atoms with Gasteiger partial charge >= 0.3 is 5.24 Å². The molecule has 0 spiro atoms. The fourth-order valence-corrected chi connectivity index (χ4v) is 4.48. The molecule has 11 heteroatoms. The van der Waals surface area contributed by atoms with Crippen LogP contribution >= 0.6 is 11.8 Å². The first kappa shape index (κ1) is 24.3. The molecule has 0 aliphatic carbocycles. The smallest absolute Gasteiger partial charge is 0.302 e. The van der Waals surface area contributed by atoms with E-state index in [1.54, 1.807) is 24.3 Å². The van der Waals surface area contributed by atoms with Crippen molar-refractivity contribution in [3.63, 3.8) is 0 Å². The van der Waals surface area contributed by atoms with Crippen LogP contribution in [0, 0.1) is 0 Å². The van der Waals surface area contributed by atoms with Crippen molar-refractivity contribution < 1.29 is 23.5 Å². The Labute approximate surface area is 205 Å². The number of thioether (sulfide) groups is 1. The molecule has 1 atom stereocenters. The Kier molecular flexibility index (Phi) is 7.66. The molecule has 2 amide bonds. The lowest BCUT2D eigenvalue weighted by molar-refractivity contribution is 0.102. The molecule has 182 valence electrons. The van der Waals surface area contributed by atoms with Gasteiger partial charge in [-0.2, -0.15) is 5.10 Å². The minimum Gasteiger partial charge on any atom is -0.493 e. The van der Waals surface area contributed by atoms with Gasteiger partial charge in [0.1, 0.15) is 5.69 Å². The van der Waals surface area contributed by atoms with Crippen LogP contribution in [0.3, 0.4) is 0 Å². The van der Waals surface area contributed by atoms with Gasteiger partial charge in [0.25, 0.3) is 5.91 Å². The average Bonchev–Trinajstić information content (AvgIpc) is 3.42. The van der Waals surface area contributed by atoms with Crippen molar-refractivity contribution in [2.45, 2.75) is 25.1 Å².